The second-order valence-electron chi connectivity index (χ2n) is 8.86. The monoisotopic (exact) mass is 480 g/mol. The number of hydrogen-bond acceptors (Lipinski definition) is 8. The summed E-state index contributed by atoms with van der Waals surface area (Å²) in [5, 5.41) is 12.2. The van der Waals surface area contributed by atoms with E-state index < -0.39 is 24.4 Å². The molecular weight excluding hydrogens is 453 g/mol. The van der Waals surface area contributed by atoms with Crippen molar-refractivity contribution in [3.05, 3.63) is 35.4 Å². The van der Waals surface area contributed by atoms with Crippen LogP contribution in [0.15, 0.2) is 24.3 Å². The van der Waals surface area contributed by atoms with Crippen LogP contribution in [0.2, 0.25) is 0 Å². The number of nitrogens with one attached hydrogen (secondary N) is 1. The predicted molar refractivity (Wildman–Crippen MR) is 119 cm³/mol. The van der Waals surface area contributed by atoms with Gasteiger partial charge in [-0.2, -0.15) is 23.1 Å². The predicted octanol–water partition coefficient (Wildman–Crippen LogP) is 2.31. The number of halogens is 3. The number of likely N-dealkylation sites (tertiary alicyclic amines) is 1. The Morgan fingerprint density at radius 1 is 1.18 bits per heavy atom. The first-order valence-corrected chi connectivity index (χ1v) is 11.0. The number of benzene rings is 1. The fourth-order valence-corrected chi connectivity index (χ4v) is 3.95. The summed E-state index contributed by atoms with van der Waals surface area (Å²) in [5.74, 6) is -0.226. The van der Waals surface area contributed by atoms with Crippen LogP contribution in [0.3, 0.4) is 0 Å². The minimum absolute atomic E-state index is 0.0283. The number of nitrogens with two attached hydrogens (primary N) is 1. The molecule has 34 heavy (non-hydrogen) atoms. The van der Waals surface area contributed by atoms with Crippen LogP contribution in [-0.2, 0) is 17.9 Å². The van der Waals surface area contributed by atoms with E-state index in [1.54, 1.807) is 4.90 Å². The molecule has 4 N–H and O–H groups in total. The van der Waals surface area contributed by atoms with Gasteiger partial charge in [0, 0.05) is 13.1 Å². The van der Waals surface area contributed by atoms with Gasteiger partial charge in [-0.15, -0.1) is 0 Å². The molecule has 1 atom stereocenters. The molecule has 9 nitrogen and oxygen atoms in total. The molecule has 0 spiro atoms. The molecule has 2 aliphatic rings. The minimum atomic E-state index is -4.90. The molecule has 12 heteroatoms. The number of carbonyl (C=O) groups excluding carboxylic acids is 1. The summed E-state index contributed by atoms with van der Waals surface area (Å²) in [5.41, 5.74) is 5.11. The summed E-state index contributed by atoms with van der Waals surface area (Å²) in [7, 11) is 0. The van der Waals surface area contributed by atoms with Gasteiger partial charge in [-0.3, -0.25) is 9.69 Å². The molecule has 0 aliphatic carbocycles. The highest BCUT2D eigenvalue weighted by molar-refractivity contribution is 6.03. The smallest absolute Gasteiger partial charge is 0.420 e. The molecule has 4 rings (SSSR count). The largest absolute Gasteiger partial charge is 0.460 e. The van der Waals surface area contributed by atoms with Crippen molar-refractivity contribution in [2.75, 3.05) is 42.2 Å². The summed E-state index contributed by atoms with van der Waals surface area (Å²) < 4.78 is 43.9. The number of alkyl halides is 3. The lowest BCUT2D eigenvalue weighted by Crippen LogP contribution is -2.47. The highest BCUT2D eigenvalue weighted by Gasteiger charge is 2.51. The van der Waals surface area contributed by atoms with Crippen molar-refractivity contribution in [2.24, 2.45) is 0 Å². The van der Waals surface area contributed by atoms with Crippen molar-refractivity contribution in [1.82, 2.24) is 14.9 Å². The standard InChI is InChI=1S/C22H27F3N6O3/c1-21(33,22(23,24)25)13-34-20-28-18(26)17-19(29-20)31(12-16(32)27-17)11-15-6-4-5-14(9-15)10-30-7-2-3-8-30/h4-6,9,33H,2-3,7-8,10-13H2,1H3,(H,27,32)(H2,26,28,29). The Balaban J connectivity index is 1.54. The van der Waals surface area contributed by atoms with Crippen molar-refractivity contribution in [2.45, 2.75) is 44.6 Å². The average Bonchev–Trinajstić information content (AvgIpc) is 3.25. The average molecular weight is 480 g/mol. The number of amides is 1. The molecule has 1 aromatic carbocycles. The maximum absolute atomic E-state index is 12.9. The Bertz CT molecular complexity index is 1060. The fourth-order valence-electron chi connectivity index (χ4n) is 3.95. The van der Waals surface area contributed by atoms with Gasteiger partial charge in [0.1, 0.15) is 12.3 Å². The van der Waals surface area contributed by atoms with Crippen LogP contribution in [0, 0.1) is 0 Å². The van der Waals surface area contributed by atoms with Gasteiger partial charge in [0.15, 0.2) is 17.2 Å². The van der Waals surface area contributed by atoms with Crippen LogP contribution in [0.25, 0.3) is 0 Å². The van der Waals surface area contributed by atoms with Crippen LogP contribution in [0.1, 0.15) is 30.9 Å². The SMILES string of the molecule is CC(O)(COc1nc(N)c2c(n1)N(Cc1cccc(CN3CCCC3)c1)CC(=O)N2)C(F)(F)F. The van der Waals surface area contributed by atoms with Crippen molar-refractivity contribution < 1.29 is 27.8 Å². The number of rotatable bonds is 7. The zero-order valence-electron chi connectivity index (χ0n) is 18.7. The Labute approximate surface area is 194 Å². The lowest BCUT2D eigenvalue weighted by Gasteiger charge is -2.31. The van der Waals surface area contributed by atoms with Gasteiger partial charge in [-0.05, 0) is 44.0 Å². The third-order valence-corrected chi connectivity index (χ3v) is 5.86. The van der Waals surface area contributed by atoms with E-state index in [1.807, 2.05) is 12.1 Å². The van der Waals surface area contributed by atoms with E-state index in [9.17, 15) is 23.1 Å². The third-order valence-electron chi connectivity index (χ3n) is 5.86. The van der Waals surface area contributed by atoms with E-state index >= 15 is 0 Å². The summed E-state index contributed by atoms with van der Waals surface area (Å²) in [4.78, 5) is 24.3. The van der Waals surface area contributed by atoms with Gasteiger partial charge in [0.2, 0.25) is 5.91 Å². The van der Waals surface area contributed by atoms with Gasteiger partial charge in [-0.25, -0.2) is 0 Å². The molecule has 1 amide bonds. The van der Waals surface area contributed by atoms with Crippen molar-refractivity contribution >= 4 is 23.2 Å². The van der Waals surface area contributed by atoms with Gasteiger partial charge in [0.25, 0.3) is 0 Å². The van der Waals surface area contributed by atoms with Gasteiger partial charge < -0.3 is 25.8 Å². The number of carbonyl (C=O) groups is 1. The van der Waals surface area contributed by atoms with Crippen LogP contribution < -0.4 is 20.7 Å². The zero-order chi connectivity index (χ0) is 24.5. The first kappa shape index (κ1) is 24.0. The van der Waals surface area contributed by atoms with E-state index in [1.165, 1.54) is 12.8 Å². The van der Waals surface area contributed by atoms with Crippen LogP contribution in [-0.4, -0.2) is 63.9 Å². The molecule has 1 saturated heterocycles. The molecule has 2 aliphatic heterocycles. The van der Waals surface area contributed by atoms with Gasteiger partial charge >= 0.3 is 12.2 Å². The number of ether oxygens (including phenoxy) is 1. The second-order valence-corrected chi connectivity index (χ2v) is 8.86. The fraction of sp³-hybridized carbons (Fsp3) is 0.500. The van der Waals surface area contributed by atoms with Crippen LogP contribution >= 0.6 is 0 Å². The molecule has 1 unspecified atom stereocenters. The Morgan fingerprint density at radius 3 is 2.53 bits per heavy atom. The second kappa shape index (κ2) is 9.26. The normalized spacial score (nSPS) is 18.4. The highest BCUT2D eigenvalue weighted by atomic mass is 19.4. The highest BCUT2D eigenvalue weighted by Crippen LogP contribution is 2.35. The molecule has 3 heterocycles. The number of nitrogen functional groups attached to an aromatic ring is 1. The van der Waals surface area contributed by atoms with Crippen LogP contribution in [0.4, 0.5) is 30.5 Å². The summed E-state index contributed by atoms with van der Waals surface area (Å²) >= 11 is 0. The molecular formula is C22H27F3N6O3. The number of fused-ring (bicyclic) bond motifs is 1. The van der Waals surface area contributed by atoms with Crippen molar-refractivity contribution in [3.8, 4) is 6.01 Å². The van der Waals surface area contributed by atoms with E-state index in [4.69, 9.17) is 10.5 Å². The molecule has 0 bridgehead atoms. The topological polar surface area (TPSA) is 117 Å². The Kier molecular flexibility index (Phi) is 6.54. The number of nitrogens with zero attached hydrogens (tertiary/aromatic N) is 4. The summed E-state index contributed by atoms with van der Waals surface area (Å²) in [6, 6.07) is 7.57. The van der Waals surface area contributed by atoms with E-state index in [2.05, 4.69) is 32.3 Å². The van der Waals surface area contributed by atoms with E-state index in [0.717, 1.165) is 30.8 Å². The molecule has 184 valence electrons. The molecule has 0 radical (unpaired) electrons. The zero-order valence-corrected chi connectivity index (χ0v) is 18.7. The Morgan fingerprint density at radius 2 is 1.85 bits per heavy atom. The summed E-state index contributed by atoms with van der Waals surface area (Å²) in [6.07, 6.45) is -2.50. The van der Waals surface area contributed by atoms with Crippen molar-refractivity contribution in [1.29, 1.82) is 0 Å². The lowest BCUT2D eigenvalue weighted by atomic mass is 10.1. The number of aliphatic hydroxyl groups is 1. The molecule has 1 fully saturated rings. The molecule has 1 aromatic heterocycles. The van der Waals surface area contributed by atoms with Crippen molar-refractivity contribution in [3.63, 3.8) is 0 Å². The van der Waals surface area contributed by atoms with E-state index in [-0.39, 0.29) is 29.8 Å². The maximum Gasteiger partial charge on any atom is 0.420 e. The van der Waals surface area contributed by atoms with Gasteiger partial charge in [0.05, 0.1) is 6.54 Å². The quantitative estimate of drug-likeness (QED) is 0.553. The van der Waals surface area contributed by atoms with Crippen LogP contribution in [0.5, 0.6) is 6.01 Å². The lowest BCUT2D eigenvalue weighted by molar-refractivity contribution is -0.261. The molecule has 0 saturated carbocycles. The summed E-state index contributed by atoms with van der Waals surface area (Å²) in [6.45, 7) is 2.77. The number of anilines is 3. The van der Waals surface area contributed by atoms with Gasteiger partial charge in [-0.1, -0.05) is 24.3 Å². The Hall–Kier alpha value is -3.12. The maximum atomic E-state index is 12.9. The number of hydrogen-bond donors (Lipinski definition) is 3. The van der Waals surface area contributed by atoms with E-state index in [0.29, 0.717) is 13.5 Å². The third kappa shape index (κ3) is 5.33. The first-order chi connectivity index (χ1) is 16.0. The first-order valence-electron chi connectivity index (χ1n) is 11.0. The minimum Gasteiger partial charge on any atom is -0.460 e. The number of aromatic nitrogens is 2. The molecule has 2 aromatic rings.